The Morgan fingerprint density at radius 2 is 1.91 bits per heavy atom. The maximum Gasteiger partial charge on any atom is 0.323 e. The monoisotopic (exact) mass is 322 g/mol. The molecule has 3 N–H and O–H groups in total. The molecule has 2 aliphatic heterocycles. The Balaban J connectivity index is 1.55. The zero-order valence-corrected chi connectivity index (χ0v) is 13.0. The molecule has 2 aliphatic rings. The first kappa shape index (κ1) is 15.8. The molecule has 3 rings (SSSR count). The van der Waals surface area contributed by atoms with Crippen LogP contribution in [0.15, 0.2) is 11.0 Å². The van der Waals surface area contributed by atoms with Crippen molar-refractivity contribution in [1.82, 2.24) is 19.8 Å². The van der Waals surface area contributed by atoms with Gasteiger partial charge in [-0.3, -0.25) is 14.5 Å². The molecule has 23 heavy (non-hydrogen) atoms. The molecule has 0 bridgehead atoms. The number of H-pyrrole nitrogens is 2. The minimum absolute atomic E-state index is 0.163. The van der Waals surface area contributed by atoms with E-state index in [-0.39, 0.29) is 23.2 Å². The van der Waals surface area contributed by atoms with Crippen LogP contribution in [0.1, 0.15) is 36.2 Å². The summed E-state index contributed by atoms with van der Waals surface area (Å²) in [7, 11) is 0. The first-order valence-corrected chi connectivity index (χ1v) is 8.08. The van der Waals surface area contributed by atoms with E-state index >= 15 is 0 Å². The number of piperidine rings is 2. The molecule has 0 aromatic carbocycles. The minimum Gasteiger partial charge on any atom is -0.481 e. The second kappa shape index (κ2) is 6.57. The SMILES string of the molecule is O=C(O)C1CCCN(C2CCN(C(=O)c3c[nH]c(=O)[nH]3)CC2)C1. The summed E-state index contributed by atoms with van der Waals surface area (Å²) in [5, 5.41) is 9.19. The molecular weight excluding hydrogens is 300 g/mol. The number of carboxylic acid groups (broad SMARTS) is 1. The van der Waals surface area contributed by atoms with Crippen molar-refractivity contribution in [2.24, 2.45) is 5.92 Å². The minimum atomic E-state index is -0.710. The first-order chi connectivity index (χ1) is 11.0. The first-order valence-electron chi connectivity index (χ1n) is 8.08. The van der Waals surface area contributed by atoms with Crippen LogP contribution in [0.25, 0.3) is 0 Å². The van der Waals surface area contributed by atoms with E-state index in [0.717, 1.165) is 32.2 Å². The van der Waals surface area contributed by atoms with Crippen molar-refractivity contribution in [1.29, 1.82) is 0 Å². The number of hydrogen-bond acceptors (Lipinski definition) is 4. The van der Waals surface area contributed by atoms with Crippen LogP contribution in [0.5, 0.6) is 0 Å². The molecule has 1 aromatic rings. The summed E-state index contributed by atoms with van der Waals surface area (Å²) in [5.74, 6) is -1.14. The number of aromatic amines is 2. The summed E-state index contributed by atoms with van der Waals surface area (Å²) in [5.41, 5.74) is -0.0892. The summed E-state index contributed by atoms with van der Waals surface area (Å²) >= 11 is 0. The normalized spacial score (nSPS) is 23.8. The summed E-state index contributed by atoms with van der Waals surface area (Å²) in [6.07, 6.45) is 4.75. The van der Waals surface area contributed by atoms with Gasteiger partial charge in [0.25, 0.3) is 5.91 Å². The van der Waals surface area contributed by atoms with E-state index in [9.17, 15) is 19.5 Å². The number of aliphatic carboxylic acids is 1. The third-order valence-corrected chi connectivity index (χ3v) is 4.90. The van der Waals surface area contributed by atoms with Crippen LogP contribution in [-0.4, -0.2) is 69.0 Å². The Morgan fingerprint density at radius 1 is 1.17 bits per heavy atom. The van der Waals surface area contributed by atoms with Crippen molar-refractivity contribution >= 4 is 11.9 Å². The topological polar surface area (TPSA) is 110 Å². The highest BCUT2D eigenvalue weighted by Gasteiger charge is 2.32. The van der Waals surface area contributed by atoms with Gasteiger partial charge in [-0.15, -0.1) is 0 Å². The van der Waals surface area contributed by atoms with Crippen LogP contribution < -0.4 is 5.69 Å². The fraction of sp³-hybridized carbons (Fsp3) is 0.667. The van der Waals surface area contributed by atoms with Crippen LogP contribution in [0, 0.1) is 5.92 Å². The number of nitrogens with one attached hydrogen (secondary N) is 2. The molecule has 1 amide bonds. The molecule has 3 heterocycles. The second-order valence-electron chi connectivity index (χ2n) is 6.35. The summed E-state index contributed by atoms with van der Waals surface area (Å²) < 4.78 is 0. The molecule has 0 radical (unpaired) electrons. The Hall–Kier alpha value is -2.09. The standard InChI is InChI=1S/C15H22N4O4/c20-13(12-8-16-15(23)17-12)18-6-3-11(4-7-18)19-5-1-2-10(9-19)14(21)22/h8,10-11H,1-7,9H2,(H,21,22)(H2,16,17,23). The lowest BCUT2D eigenvalue weighted by atomic mass is 9.94. The maximum atomic E-state index is 12.3. The fourth-order valence-electron chi connectivity index (χ4n) is 3.59. The average Bonchev–Trinajstić information content (AvgIpc) is 3.01. The molecule has 1 aromatic heterocycles. The van der Waals surface area contributed by atoms with Gasteiger partial charge in [0.1, 0.15) is 5.69 Å². The van der Waals surface area contributed by atoms with Gasteiger partial charge in [0.2, 0.25) is 0 Å². The van der Waals surface area contributed by atoms with E-state index in [0.29, 0.717) is 25.7 Å². The molecule has 8 heteroatoms. The highest BCUT2D eigenvalue weighted by molar-refractivity contribution is 5.92. The molecule has 2 fully saturated rings. The molecule has 1 unspecified atom stereocenters. The summed E-state index contributed by atoms with van der Waals surface area (Å²) in [4.78, 5) is 43.5. The molecule has 1 atom stereocenters. The third kappa shape index (κ3) is 3.47. The number of nitrogens with zero attached hydrogens (tertiary/aromatic N) is 2. The van der Waals surface area contributed by atoms with Gasteiger partial charge in [-0.2, -0.15) is 0 Å². The Bertz CT molecular complexity index is 629. The van der Waals surface area contributed by atoms with E-state index in [2.05, 4.69) is 14.9 Å². The van der Waals surface area contributed by atoms with Gasteiger partial charge in [-0.25, -0.2) is 4.79 Å². The zero-order valence-electron chi connectivity index (χ0n) is 13.0. The number of rotatable bonds is 3. The number of carbonyl (C=O) groups is 2. The molecule has 8 nitrogen and oxygen atoms in total. The summed E-state index contributed by atoms with van der Waals surface area (Å²) in [6, 6.07) is 0.339. The van der Waals surface area contributed by atoms with Crippen molar-refractivity contribution < 1.29 is 14.7 Å². The maximum absolute atomic E-state index is 12.3. The van der Waals surface area contributed by atoms with E-state index in [1.807, 2.05) is 0 Å². The van der Waals surface area contributed by atoms with E-state index in [1.54, 1.807) is 4.90 Å². The molecule has 0 spiro atoms. The Labute approximate surface area is 133 Å². The largest absolute Gasteiger partial charge is 0.481 e. The van der Waals surface area contributed by atoms with Gasteiger partial charge in [0.15, 0.2) is 0 Å². The number of amides is 1. The number of carboxylic acids is 1. The molecule has 2 saturated heterocycles. The number of hydrogen-bond donors (Lipinski definition) is 3. The lowest BCUT2D eigenvalue weighted by Gasteiger charge is -2.41. The van der Waals surface area contributed by atoms with Gasteiger partial charge in [0.05, 0.1) is 5.92 Å². The lowest BCUT2D eigenvalue weighted by molar-refractivity contribution is -0.144. The third-order valence-electron chi connectivity index (χ3n) is 4.90. The van der Waals surface area contributed by atoms with Crippen molar-refractivity contribution in [3.05, 3.63) is 22.4 Å². The highest BCUT2D eigenvalue weighted by Crippen LogP contribution is 2.24. The van der Waals surface area contributed by atoms with Crippen LogP contribution in [0.2, 0.25) is 0 Å². The number of imidazole rings is 1. The van der Waals surface area contributed by atoms with Gasteiger partial charge < -0.3 is 20.0 Å². The zero-order chi connectivity index (χ0) is 16.4. The molecule has 0 aliphatic carbocycles. The van der Waals surface area contributed by atoms with Gasteiger partial charge >= 0.3 is 11.7 Å². The smallest absolute Gasteiger partial charge is 0.323 e. The Kier molecular flexibility index (Phi) is 4.51. The number of likely N-dealkylation sites (tertiary alicyclic amines) is 2. The predicted molar refractivity (Wildman–Crippen MR) is 82.3 cm³/mol. The van der Waals surface area contributed by atoms with E-state index in [4.69, 9.17) is 0 Å². The lowest BCUT2D eigenvalue weighted by Crippen LogP contribution is -2.50. The van der Waals surface area contributed by atoms with Crippen molar-refractivity contribution in [3.63, 3.8) is 0 Å². The Morgan fingerprint density at radius 3 is 2.52 bits per heavy atom. The molecular formula is C15H22N4O4. The van der Waals surface area contributed by atoms with E-state index in [1.165, 1.54) is 6.20 Å². The van der Waals surface area contributed by atoms with Crippen LogP contribution in [-0.2, 0) is 4.79 Å². The van der Waals surface area contributed by atoms with Crippen LogP contribution >= 0.6 is 0 Å². The van der Waals surface area contributed by atoms with Gasteiger partial charge in [-0.05, 0) is 32.2 Å². The molecule has 0 saturated carbocycles. The van der Waals surface area contributed by atoms with Crippen LogP contribution in [0.3, 0.4) is 0 Å². The predicted octanol–water partition coefficient (Wildman–Crippen LogP) is 0.104. The second-order valence-corrected chi connectivity index (χ2v) is 6.35. The van der Waals surface area contributed by atoms with Crippen molar-refractivity contribution in [2.45, 2.75) is 31.7 Å². The average molecular weight is 322 g/mol. The van der Waals surface area contributed by atoms with Crippen LogP contribution in [0.4, 0.5) is 0 Å². The number of carbonyl (C=O) groups excluding carboxylic acids is 1. The quantitative estimate of drug-likeness (QED) is 0.731. The van der Waals surface area contributed by atoms with Crippen molar-refractivity contribution in [2.75, 3.05) is 26.2 Å². The van der Waals surface area contributed by atoms with Crippen molar-refractivity contribution in [3.8, 4) is 0 Å². The summed E-state index contributed by atoms with van der Waals surface area (Å²) in [6.45, 7) is 2.81. The molecule has 126 valence electrons. The fourth-order valence-corrected chi connectivity index (χ4v) is 3.59. The number of aromatic nitrogens is 2. The van der Waals surface area contributed by atoms with Gasteiger partial charge in [0, 0.05) is 31.9 Å². The van der Waals surface area contributed by atoms with E-state index < -0.39 is 5.97 Å². The van der Waals surface area contributed by atoms with Gasteiger partial charge in [-0.1, -0.05) is 0 Å². The highest BCUT2D eigenvalue weighted by atomic mass is 16.4.